The molecule has 2 heterocycles. The van der Waals surface area contributed by atoms with Gasteiger partial charge in [0, 0.05) is 18.8 Å². The van der Waals surface area contributed by atoms with Gasteiger partial charge in [-0.3, -0.25) is 4.79 Å². The molecule has 22 heavy (non-hydrogen) atoms. The first-order valence-corrected chi connectivity index (χ1v) is 8.29. The molecule has 0 radical (unpaired) electrons. The van der Waals surface area contributed by atoms with Gasteiger partial charge in [-0.1, -0.05) is 24.3 Å². The molecule has 0 aliphatic carbocycles. The third-order valence-electron chi connectivity index (χ3n) is 3.71. The molecular weight excluding hydrogens is 296 g/mol. The lowest BCUT2D eigenvalue weighted by Gasteiger charge is -2.24. The minimum Gasteiger partial charge on any atom is -0.481 e. The summed E-state index contributed by atoms with van der Waals surface area (Å²) in [6.07, 6.45) is 2.72. The van der Waals surface area contributed by atoms with E-state index in [-0.39, 0.29) is 11.2 Å². The van der Waals surface area contributed by atoms with Crippen LogP contribution in [0, 0.1) is 0 Å². The average Bonchev–Trinajstić information content (AvgIpc) is 2.59. The molecule has 1 N–H and O–H groups in total. The molecule has 3 rings (SSSR count). The fraction of sp³-hybridized carbons (Fsp3) is 0.294. The van der Waals surface area contributed by atoms with Crippen molar-refractivity contribution in [1.29, 1.82) is 0 Å². The van der Waals surface area contributed by atoms with E-state index in [0.29, 0.717) is 12.4 Å². The van der Waals surface area contributed by atoms with Crippen LogP contribution in [0.3, 0.4) is 0 Å². The number of methoxy groups -OCH3 is 1. The van der Waals surface area contributed by atoms with Crippen molar-refractivity contribution in [3.8, 4) is 5.88 Å². The van der Waals surface area contributed by atoms with Gasteiger partial charge in [0.25, 0.3) is 0 Å². The van der Waals surface area contributed by atoms with E-state index in [0.717, 1.165) is 23.3 Å². The summed E-state index contributed by atoms with van der Waals surface area (Å²) in [6, 6.07) is 11.9. The van der Waals surface area contributed by atoms with Crippen LogP contribution in [-0.2, 0) is 17.8 Å². The van der Waals surface area contributed by atoms with Gasteiger partial charge in [-0.15, -0.1) is 11.8 Å². The topological polar surface area (TPSA) is 51.2 Å². The molecule has 2 aromatic rings. The minimum absolute atomic E-state index is 0.0629. The van der Waals surface area contributed by atoms with Crippen molar-refractivity contribution in [2.45, 2.75) is 18.2 Å². The van der Waals surface area contributed by atoms with Crippen molar-refractivity contribution in [3.05, 3.63) is 59.3 Å². The molecule has 0 saturated heterocycles. The van der Waals surface area contributed by atoms with Gasteiger partial charge >= 0.3 is 0 Å². The maximum atomic E-state index is 12.5. The summed E-state index contributed by atoms with van der Waals surface area (Å²) in [4.78, 5) is 16.6. The van der Waals surface area contributed by atoms with Crippen LogP contribution in [0.2, 0.25) is 0 Å². The Hall–Kier alpha value is -2.01. The van der Waals surface area contributed by atoms with Crippen LogP contribution in [0.5, 0.6) is 5.88 Å². The molecule has 0 fully saturated rings. The molecule has 1 aliphatic rings. The zero-order valence-corrected chi connectivity index (χ0v) is 13.2. The smallest absolute Gasteiger partial charge is 0.237 e. The average molecular weight is 314 g/mol. The third-order valence-corrected chi connectivity index (χ3v) is 4.95. The zero-order chi connectivity index (χ0) is 15.4. The van der Waals surface area contributed by atoms with Crippen molar-refractivity contribution in [2.75, 3.05) is 12.9 Å². The molecule has 0 bridgehead atoms. The zero-order valence-electron chi connectivity index (χ0n) is 12.4. The maximum absolute atomic E-state index is 12.5. The van der Waals surface area contributed by atoms with Crippen LogP contribution in [-0.4, -0.2) is 23.8 Å². The summed E-state index contributed by atoms with van der Waals surface area (Å²) in [7, 11) is 1.58. The van der Waals surface area contributed by atoms with Gasteiger partial charge in [-0.25, -0.2) is 4.98 Å². The fourth-order valence-corrected chi connectivity index (χ4v) is 3.78. The number of hydrogen-bond acceptors (Lipinski definition) is 4. The van der Waals surface area contributed by atoms with Gasteiger partial charge in [0.1, 0.15) is 5.25 Å². The summed E-state index contributed by atoms with van der Waals surface area (Å²) < 4.78 is 5.10. The number of benzene rings is 1. The van der Waals surface area contributed by atoms with E-state index in [1.165, 1.54) is 5.56 Å². The minimum atomic E-state index is -0.117. The second kappa shape index (κ2) is 6.83. The molecule has 5 heteroatoms. The molecule has 1 aromatic heterocycles. The van der Waals surface area contributed by atoms with Gasteiger partial charge in [-0.05, 0) is 34.9 Å². The highest BCUT2D eigenvalue weighted by molar-refractivity contribution is 8.00. The number of nitrogens with one attached hydrogen (secondary N) is 1. The SMILES string of the molecule is COc1cc(CNC(=O)[C@H]2SCCc3ccccc32)ccn1. The Labute approximate surface area is 134 Å². The number of ether oxygens (including phenoxy) is 1. The van der Waals surface area contributed by atoms with Crippen molar-refractivity contribution >= 4 is 17.7 Å². The number of aromatic nitrogens is 1. The van der Waals surface area contributed by atoms with E-state index in [2.05, 4.69) is 22.4 Å². The molecular formula is C17H18N2O2S. The second-order valence-electron chi connectivity index (χ2n) is 5.12. The Bertz CT molecular complexity index is 675. The Morgan fingerprint density at radius 2 is 2.27 bits per heavy atom. The first kappa shape index (κ1) is 14.9. The van der Waals surface area contributed by atoms with Gasteiger partial charge in [0.05, 0.1) is 7.11 Å². The fourth-order valence-electron chi connectivity index (χ4n) is 2.56. The first-order chi connectivity index (χ1) is 10.8. The highest BCUT2D eigenvalue weighted by atomic mass is 32.2. The number of carbonyl (C=O) groups excluding carboxylic acids is 1. The maximum Gasteiger partial charge on any atom is 0.237 e. The van der Waals surface area contributed by atoms with Crippen LogP contribution in [0.1, 0.15) is 21.9 Å². The second-order valence-corrected chi connectivity index (χ2v) is 6.34. The summed E-state index contributed by atoms with van der Waals surface area (Å²) in [5, 5.41) is 2.90. The number of pyridine rings is 1. The highest BCUT2D eigenvalue weighted by Gasteiger charge is 2.26. The summed E-state index contributed by atoms with van der Waals surface area (Å²) in [5.74, 6) is 1.61. The number of nitrogens with zero attached hydrogens (tertiary/aromatic N) is 1. The van der Waals surface area contributed by atoms with Crippen LogP contribution in [0.25, 0.3) is 0 Å². The Balaban J connectivity index is 1.68. The number of amides is 1. The first-order valence-electron chi connectivity index (χ1n) is 7.24. The lowest BCUT2D eigenvalue weighted by molar-refractivity contribution is -0.120. The summed E-state index contributed by atoms with van der Waals surface area (Å²) >= 11 is 1.71. The van der Waals surface area contributed by atoms with E-state index >= 15 is 0 Å². The van der Waals surface area contributed by atoms with Crippen molar-refractivity contribution < 1.29 is 9.53 Å². The Morgan fingerprint density at radius 1 is 1.41 bits per heavy atom. The Morgan fingerprint density at radius 3 is 3.14 bits per heavy atom. The quantitative estimate of drug-likeness (QED) is 0.943. The predicted octanol–water partition coefficient (Wildman–Crippen LogP) is 2.74. The number of carbonyl (C=O) groups is 1. The van der Waals surface area contributed by atoms with Crippen LogP contribution < -0.4 is 10.1 Å². The molecule has 4 nitrogen and oxygen atoms in total. The van der Waals surface area contributed by atoms with Crippen molar-refractivity contribution in [1.82, 2.24) is 10.3 Å². The number of aryl methyl sites for hydroxylation is 1. The van der Waals surface area contributed by atoms with Gasteiger partial charge in [-0.2, -0.15) is 0 Å². The van der Waals surface area contributed by atoms with E-state index in [4.69, 9.17) is 4.74 Å². The van der Waals surface area contributed by atoms with Crippen molar-refractivity contribution in [2.24, 2.45) is 0 Å². The van der Waals surface area contributed by atoms with Crippen LogP contribution >= 0.6 is 11.8 Å². The van der Waals surface area contributed by atoms with Crippen LogP contribution in [0.4, 0.5) is 0 Å². The summed E-state index contributed by atoms with van der Waals surface area (Å²) in [5.41, 5.74) is 3.41. The molecule has 1 amide bonds. The van der Waals surface area contributed by atoms with E-state index in [9.17, 15) is 4.79 Å². The Kier molecular flexibility index (Phi) is 4.63. The monoisotopic (exact) mass is 314 g/mol. The lowest BCUT2D eigenvalue weighted by atomic mass is 10.0. The largest absolute Gasteiger partial charge is 0.481 e. The molecule has 0 saturated carbocycles. The van der Waals surface area contributed by atoms with E-state index in [1.54, 1.807) is 25.1 Å². The molecule has 0 spiro atoms. The number of fused-ring (bicyclic) bond motifs is 1. The third kappa shape index (κ3) is 3.25. The van der Waals surface area contributed by atoms with Crippen LogP contribution in [0.15, 0.2) is 42.6 Å². The normalized spacial score (nSPS) is 16.7. The molecule has 1 aliphatic heterocycles. The molecule has 1 atom stereocenters. The van der Waals surface area contributed by atoms with Gasteiger partial charge < -0.3 is 10.1 Å². The van der Waals surface area contributed by atoms with E-state index in [1.807, 2.05) is 24.3 Å². The summed E-state index contributed by atoms with van der Waals surface area (Å²) in [6.45, 7) is 0.483. The number of thioether (sulfide) groups is 1. The van der Waals surface area contributed by atoms with Gasteiger partial charge in [0.2, 0.25) is 11.8 Å². The number of hydrogen-bond donors (Lipinski definition) is 1. The standard InChI is InChI=1S/C17H18N2O2S/c1-21-15-10-12(6-8-18-15)11-19-17(20)16-14-5-3-2-4-13(14)7-9-22-16/h2-6,8,10,16H,7,9,11H2,1H3,(H,19,20)/t16-/m0/s1. The van der Waals surface area contributed by atoms with Gasteiger partial charge in [0.15, 0.2) is 0 Å². The molecule has 0 unspecified atom stereocenters. The molecule has 1 aromatic carbocycles. The lowest BCUT2D eigenvalue weighted by Crippen LogP contribution is -2.29. The highest BCUT2D eigenvalue weighted by Crippen LogP contribution is 2.36. The molecule has 114 valence electrons. The number of rotatable bonds is 4. The predicted molar refractivity (Wildman–Crippen MR) is 88.0 cm³/mol. The van der Waals surface area contributed by atoms with E-state index < -0.39 is 0 Å². The van der Waals surface area contributed by atoms with Crippen molar-refractivity contribution in [3.63, 3.8) is 0 Å².